The summed E-state index contributed by atoms with van der Waals surface area (Å²) in [5, 5.41) is 0. The molecular formula is C18H26N2. The van der Waals surface area contributed by atoms with E-state index in [1.165, 1.54) is 50.5 Å². The number of nitrogens with two attached hydrogens (primary N) is 1. The Kier molecular flexibility index (Phi) is 3.10. The SMILES string of the molecule is NCC(CC12CC3CC(CC(C3)C1)C2)c1ccncc1. The van der Waals surface area contributed by atoms with Crippen molar-refractivity contribution in [2.45, 2.75) is 50.9 Å². The third-order valence-electron chi connectivity index (χ3n) is 6.31. The van der Waals surface area contributed by atoms with E-state index in [2.05, 4.69) is 17.1 Å². The van der Waals surface area contributed by atoms with Gasteiger partial charge in [-0.25, -0.2) is 0 Å². The number of pyridine rings is 1. The average Bonchev–Trinajstić information content (AvgIpc) is 2.44. The predicted molar refractivity (Wildman–Crippen MR) is 81.3 cm³/mol. The minimum Gasteiger partial charge on any atom is -0.330 e. The van der Waals surface area contributed by atoms with Gasteiger partial charge in [-0.3, -0.25) is 4.98 Å². The zero-order valence-corrected chi connectivity index (χ0v) is 12.3. The molecule has 108 valence electrons. The van der Waals surface area contributed by atoms with Crippen molar-refractivity contribution in [2.24, 2.45) is 28.9 Å². The van der Waals surface area contributed by atoms with Crippen LogP contribution in [0.3, 0.4) is 0 Å². The van der Waals surface area contributed by atoms with Crippen LogP contribution < -0.4 is 5.73 Å². The zero-order valence-electron chi connectivity index (χ0n) is 12.3. The van der Waals surface area contributed by atoms with E-state index in [1.54, 1.807) is 0 Å². The van der Waals surface area contributed by atoms with Crippen LogP contribution in [-0.4, -0.2) is 11.5 Å². The molecule has 0 radical (unpaired) electrons. The van der Waals surface area contributed by atoms with E-state index >= 15 is 0 Å². The lowest BCUT2D eigenvalue weighted by Crippen LogP contribution is -2.47. The van der Waals surface area contributed by atoms with Crippen molar-refractivity contribution < 1.29 is 0 Å². The van der Waals surface area contributed by atoms with Crippen LogP contribution in [0.15, 0.2) is 24.5 Å². The normalized spacial score (nSPS) is 40.0. The summed E-state index contributed by atoms with van der Waals surface area (Å²) in [5.74, 6) is 3.65. The fourth-order valence-corrected chi connectivity index (χ4v) is 6.04. The van der Waals surface area contributed by atoms with Crippen LogP contribution >= 0.6 is 0 Å². The summed E-state index contributed by atoms with van der Waals surface area (Å²) in [6, 6.07) is 4.33. The summed E-state index contributed by atoms with van der Waals surface area (Å²) in [7, 11) is 0. The van der Waals surface area contributed by atoms with Gasteiger partial charge in [-0.2, -0.15) is 0 Å². The van der Waals surface area contributed by atoms with E-state index in [1.807, 2.05) is 12.4 Å². The molecule has 0 spiro atoms. The van der Waals surface area contributed by atoms with Crippen LogP contribution in [0, 0.1) is 23.2 Å². The van der Waals surface area contributed by atoms with Crippen molar-refractivity contribution in [1.82, 2.24) is 4.98 Å². The van der Waals surface area contributed by atoms with Gasteiger partial charge < -0.3 is 5.73 Å². The minimum atomic E-state index is 0.536. The van der Waals surface area contributed by atoms with E-state index in [4.69, 9.17) is 5.73 Å². The Bertz CT molecular complexity index is 432. The lowest BCUT2D eigenvalue weighted by atomic mass is 9.48. The third-order valence-corrected chi connectivity index (χ3v) is 6.31. The van der Waals surface area contributed by atoms with Crippen molar-refractivity contribution in [1.29, 1.82) is 0 Å². The van der Waals surface area contributed by atoms with Gasteiger partial charge >= 0.3 is 0 Å². The summed E-state index contributed by atoms with van der Waals surface area (Å²) < 4.78 is 0. The first-order valence-electron chi connectivity index (χ1n) is 8.36. The second kappa shape index (κ2) is 4.84. The van der Waals surface area contributed by atoms with Gasteiger partial charge in [0, 0.05) is 12.4 Å². The molecule has 0 aromatic carbocycles. The monoisotopic (exact) mass is 270 g/mol. The standard InChI is InChI=1S/C18H26N2/c19-12-17(16-1-3-20-4-2-16)11-18-8-13-5-14(9-18)7-15(6-13)10-18/h1-4,13-15,17H,5-12,19H2. The molecule has 0 aliphatic heterocycles. The van der Waals surface area contributed by atoms with Crippen molar-refractivity contribution in [3.63, 3.8) is 0 Å². The molecule has 0 amide bonds. The quantitative estimate of drug-likeness (QED) is 0.905. The molecule has 4 aliphatic rings. The molecule has 1 unspecified atom stereocenters. The van der Waals surface area contributed by atoms with Gasteiger partial charge in [-0.1, -0.05) is 0 Å². The lowest BCUT2D eigenvalue weighted by molar-refractivity contribution is -0.0604. The largest absolute Gasteiger partial charge is 0.330 e. The second-order valence-corrected chi connectivity index (χ2v) is 7.83. The molecule has 20 heavy (non-hydrogen) atoms. The molecule has 1 heterocycles. The van der Waals surface area contributed by atoms with Gasteiger partial charge in [0.2, 0.25) is 0 Å². The maximum atomic E-state index is 6.11. The highest BCUT2D eigenvalue weighted by Crippen LogP contribution is 2.62. The van der Waals surface area contributed by atoms with Crippen molar-refractivity contribution >= 4 is 0 Å². The van der Waals surface area contributed by atoms with Crippen molar-refractivity contribution in [3.8, 4) is 0 Å². The first-order chi connectivity index (χ1) is 9.76. The number of rotatable bonds is 4. The van der Waals surface area contributed by atoms with E-state index in [9.17, 15) is 0 Å². The highest BCUT2D eigenvalue weighted by molar-refractivity contribution is 5.18. The average molecular weight is 270 g/mol. The summed E-state index contributed by atoms with van der Waals surface area (Å²) in [4.78, 5) is 4.15. The summed E-state index contributed by atoms with van der Waals surface area (Å²) in [5.41, 5.74) is 8.14. The van der Waals surface area contributed by atoms with Crippen LogP contribution in [0.2, 0.25) is 0 Å². The molecule has 5 rings (SSSR count). The number of nitrogens with zero attached hydrogens (tertiary/aromatic N) is 1. The van der Waals surface area contributed by atoms with Crippen molar-refractivity contribution in [2.75, 3.05) is 6.54 Å². The third kappa shape index (κ3) is 2.18. The van der Waals surface area contributed by atoms with E-state index in [-0.39, 0.29) is 0 Å². The van der Waals surface area contributed by atoms with E-state index in [0.29, 0.717) is 11.3 Å². The van der Waals surface area contributed by atoms with Crippen molar-refractivity contribution in [3.05, 3.63) is 30.1 Å². The maximum absolute atomic E-state index is 6.11. The lowest BCUT2D eigenvalue weighted by Gasteiger charge is -2.57. The molecule has 4 bridgehead atoms. The van der Waals surface area contributed by atoms with Crippen LogP contribution in [0.4, 0.5) is 0 Å². The molecule has 2 nitrogen and oxygen atoms in total. The van der Waals surface area contributed by atoms with Gasteiger partial charge in [0.1, 0.15) is 0 Å². The molecule has 1 aromatic rings. The molecule has 4 saturated carbocycles. The van der Waals surface area contributed by atoms with Gasteiger partial charge in [0.05, 0.1) is 0 Å². The summed E-state index contributed by atoms with van der Waals surface area (Å²) in [6.07, 6.45) is 14.2. The molecular weight excluding hydrogens is 244 g/mol. The number of hydrogen-bond donors (Lipinski definition) is 1. The fraction of sp³-hybridized carbons (Fsp3) is 0.722. The summed E-state index contributed by atoms with van der Waals surface area (Å²) in [6.45, 7) is 0.783. The fourth-order valence-electron chi connectivity index (χ4n) is 6.04. The Morgan fingerprint density at radius 3 is 2.10 bits per heavy atom. The molecule has 0 saturated heterocycles. The molecule has 1 atom stereocenters. The first-order valence-corrected chi connectivity index (χ1v) is 8.36. The topological polar surface area (TPSA) is 38.9 Å². The smallest absolute Gasteiger partial charge is 0.0270 e. The van der Waals surface area contributed by atoms with E-state index < -0.39 is 0 Å². The predicted octanol–water partition coefficient (Wildman–Crippen LogP) is 3.73. The zero-order chi connectivity index (χ0) is 13.6. The Balaban J connectivity index is 1.55. The first kappa shape index (κ1) is 12.8. The Morgan fingerprint density at radius 2 is 1.60 bits per heavy atom. The van der Waals surface area contributed by atoms with Crippen LogP contribution in [0.1, 0.15) is 56.4 Å². The van der Waals surface area contributed by atoms with Crippen LogP contribution in [0.25, 0.3) is 0 Å². The second-order valence-electron chi connectivity index (χ2n) is 7.83. The molecule has 2 N–H and O–H groups in total. The van der Waals surface area contributed by atoms with E-state index in [0.717, 1.165) is 24.3 Å². The number of hydrogen-bond acceptors (Lipinski definition) is 2. The molecule has 4 aliphatic carbocycles. The number of aromatic nitrogens is 1. The minimum absolute atomic E-state index is 0.536. The van der Waals surface area contributed by atoms with Gasteiger partial charge in [0.15, 0.2) is 0 Å². The highest BCUT2D eigenvalue weighted by atomic mass is 14.6. The Morgan fingerprint density at radius 1 is 1.05 bits per heavy atom. The molecule has 2 heteroatoms. The Labute approximate surface area is 122 Å². The van der Waals surface area contributed by atoms with Gasteiger partial charge in [-0.15, -0.1) is 0 Å². The van der Waals surface area contributed by atoms with Gasteiger partial charge in [-0.05, 0) is 98.3 Å². The molecule has 4 fully saturated rings. The highest BCUT2D eigenvalue weighted by Gasteiger charge is 2.51. The van der Waals surface area contributed by atoms with Gasteiger partial charge in [0.25, 0.3) is 0 Å². The van der Waals surface area contributed by atoms with Crippen LogP contribution in [0.5, 0.6) is 0 Å². The summed E-state index contributed by atoms with van der Waals surface area (Å²) >= 11 is 0. The maximum Gasteiger partial charge on any atom is 0.0270 e. The molecule has 1 aromatic heterocycles. The van der Waals surface area contributed by atoms with Crippen LogP contribution in [-0.2, 0) is 0 Å². The Hall–Kier alpha value is -0.890.